The van der Waals surface area contributed by atoms with Crippen molar-refractivity contribution in [3.8, 4) is 6.07 Å². The van der Waals surface area contributed by atoms with E-state index < -0.39 is 10.7 Å². The number of amides is 1. The van der Waals surface area contributed by atoms with Gasteiger partial charge in [0.25, 0.3) is 5.69 Å². The van der Waals surface area contributed by atoms with E-state index in [0.29, 0.717) is 24.0 Å². The van der Waals surface area contributed by atoms with Gasteiger partial charge in [0.15, 0.2) is 5.58 Å². The number of nitrogens with one attached hydrogen (secondary N) is 1. The van der Waals surface area contributed by atoms with Crippen LogP contribution in [0.5, 0.6) is 0 Å². The molecule has 0 aliphatic rings. The summed E-state index contributed by atoms with van der Waals surface area (Å²) in [6, 6.07) is 13.0. The molecule has 0 aliphatic heterocycles. The van der Waals surface area contributed by atoms with Crippen molar-refractivity contribution in [1.82, 2.24) is 4.57 Å². The Hall–Kier alpha value is -3.93. The van der Waals surface area contributed by atoms with Crippen molar-refractivity contribution in [3.63, 3.8) is 0 Å². The van der Waals surface area contributed by atoms with E-state index in [0.717, 1.165) is 5.56 Å². The number of anilines is 1. The van der Waals surface area contributed by atoms with Gasteiger partial charge in [-0.25, -0.2) is 4.79 Å². The van der Waals surface area contributed by atoms with Crippen LogP contribution in [0.4, 0.5) is 11.4 Å². The Labute approximate surface area is 159 Å². The maximum absolute atomic E-state index is 12.1. The van der Waals surface area contributed by atoms with Gasteiger partial charge in [-0.05, 0) is 30.2 Å². The standard InChI is InChI=1S/C19H16N4O5/c20-10-9-13-3-5-14(6-4-13)21-18(24)2-1-11-22-16-8-7-15(23(26)27)12-17(16)28-19(22)25/h3-8,12H,1-2,9,11H2,(H,21,24). The Balaban J connectivity index is 1.59. The molecule has 0 spiro atoms. The summed E-state index contributed by atoms with van der Waals surface area (Å²) in [5, 5.41) is 22.2. The van der Waals surface area contributed by atoms with Crippen LogP contribution in [0, 0.1) is 21.4 Å². The number of benzene rings is 2. The number of nitrogens with zero attached hydrogens (tertiary/aromatic N) is 3. The third kappa shape index (κ3) is 4.24. The van der Waals surface area contributed by atoms with Crippen molar-refractivity contribution in [3.05, 3.63) is 68.7 Å². The molecule has 0 fully saturated rings. The third-order valence-electron chi connectivity index (χ3n) is 4.17. The first-order valence-corrected chi connectivity index (χ1v) is 8.51. The maximum atomic E-state index is 12.1. The predicted octanol–water partition coefficient (Wildman–Crippen LogP) is 2.99. The van der Waals surface area contributed by atoms with Crippen LogP contribution in [0.3, 0.4) is 0 Å². The van der Waals surface area contributed by atoms with Gasteiger partial charge in [-0.3, -0.25) is 19.5 Å². The second kappa shape index (κ2) is 8.18. The topological polar surface area (TPSA) is 131 Å². The molecule has 0 saturated heterocycles. The molecule has 1 N–H and O–H groups in total. The first-order chi connectivity index (χ1) is 13.5. The summed E-state index contributed by atoms with van der Waals surface area (Å²) in [6.07, 6.45) is 0.890. The van der Waals surface area contributed by atoms with Gasteiger partial charge in [0.2, 0.25) is 5.91 Å². The van der Waals surface area contributed by atoms with Crippen LogP contribution in [-0.4, -0.2) is 15.4 Å². The molecule has 0 atom stereocenters. The molecule has 1 amide bonds. The average Bonchev–Trinajstić information content (AvgIpc) is 2.98. The van der Waals surface area contributed by atoms with Crippen LogP contribution in [0.2, 0.25) is 0 Å². The molecule has 0 aliphatic carbocycles. The largest absolute Gasteiger partial charge is 0.419 e. The third-order valence-corrected chi connectivity index (χ3v) is 4.17. The fourth-order valence-corrected chi connectivity index (χ4v) is 2.80. The summed E-state index contributed by atoms with van der Waals surface area (Å²) in [5.41, 5.74) is 1.93. The number of non-ortho nitro benzene ring substituents is 1. The first kappa shape index (κ1) is 18.8. The summed E-state index contributed by atoms with van der Waals surface area (Å²) in [5.74, 6) is -0.825. The van der Waals surface area contributed by atoms with Gasteiger partial charge in [0.05, 0.1) is 29.0 Å². The van der Waals surface area contributed by atoms with Crippen LogP contribution in [0.15, 0.2) is 51.7 Å². The molecule has 1 aromatic heterocycles. The van der Waals surface area contributed by atoms with Gasteiger partial charge in [-0.15, -0.1) is 0 Å². The number of nitro benzene ring substituents is 1. The number of hydrogen-bond acceptors (Lipinski definition) is 6. The number of aryl methyl sites for hydroxylation is 1. The van der Waals surface area contributed by atoms with Crippen molar-refractivity contribution in [2.45, 2.75) is 25.8 Å². The van der Waals surface area contributed by atoms with E-state index in [-0.39, 0.29) is 30.1 Å². The molecule has 28 heavy (non-hydrogen) atoms. The van der Waals surface area contributed by atoms with E-state index in [1.165, 1.54) is 22.8 Å². The second-order valence-corrected chi connectivity index (χ2v) is 6.11. The molecule has 0 bridgehead atoms. The first-order valence-electron chi connectivity index (χ1n) is 8.51. The summed E-state index contributed by atoms with van der Waals surface area (Å²) in [7, 11) is 0. The Bertz CT molecular complexity index is 1120. The summed E-state index contributed by atoms with van der Waals surface area (Å²) >= 11 is 0. The summed E-state index contributed by atoms with van der Waals surface area (Å²) in [6.45, 7) is 0.248. The van der Waals surface area contributed by atoms with Crippen molar-refractivity contribution in [2.24, 2.45) is 0 Å². The number of nitriles is 1. The van der Waals surface area contributed by atoms with Crippen molar-refractivity contribution < 1.29 is 14.1 Å². The lowest BCUT2D eigenvalue weighted by molar-refractivity contribution is -0.384. The van der Waals surface area contributed by atoms with E-state index in [1.54, 1.807) is 24.3 Å². The molecule has 2 aromatic carbocycles. The molecule has 3 aromatic rings. The van der Waals surface area contributed by atoms with Gasteiger partial charge in [-0.1, -0.05) is 12.1 Å². The Kier molecular flexibility index (Phi) is 5.50. The Morgan fingerprint density at radius 1 is 1.25 bits per heavy atom. The Morgan fingerprint density at radius 2 is 2.00 bits per heavy atom. The SMILES string of the molecule is N#CCc1ccc(NC(=O)CCCn2c(=O)oc3cc([N+](=O)[O-])ccc32)cc1. The number of rotatable bonds is 7. The van der Waals surface area contributed by atoms with E-state index in [9.17, 15) is 19.7 Å². The monoisotopic (exact) mass is 380 g/mol. The average molecular weight is 380 g/mol. The Morgan fingerprint density at radius 3 is 2.68 bits per heavy atom. The van der Waals surface area contributed by atoms with Crippen molar-refractivity contribution in [1.29, 1.82) is 5.26 Å². The van der Waals surface area contributed by atoms with Gasteiger partial charge < -0.3 is 9.73 Å². The quantitative estimate of drug-likeness (QED) is 0.495. The lowest BCUT2D eigenvalue weighted by Crippen LogP contribution is -2.17. The molecule has 142 valence electrons. The van der Waals surface area contributed by atoms with Crippen LogP contribution in [-0.2, 0) is 17.8 Å². The fourth-order valence-electron chi connectivity index (χ4n) is 2.80. The highest BCUT2D eigenvalue weighted by atomic mass is 16.6. The van der Waals surface area contributed by atoms with Crippen LogP contribution in [0.25, 0.3) is 11.1 Å². The minimum Gasteiger partial charge on any atom is -0.407 e. The van der Waals surface area contributed by atoms with Crippen LogP contribution < -0.4 is 11.1 Å². The van der Waals surface area contributed by atoms with Crippen LogP contribution in [0.1, 0.15) is 18.4 Å². The maximum Gasteiger partial charge on any atom is 0.419 e. The molecule has 9 nitrogen and oxygen atoms in total. The van der Waals surface area contributed by atoms with Gasteiger partial charge >= 0.3 is 5.76 Å². The van der Waals surface area contributed by atoms with E-state index >= 15 is 0 Å². The lowest BCUT2D eigenvalue weighted by atomic mass is 10.1. The normalized spacial score (nSPS) is 10.5. The molecule has 3 rings (SSSR count). The highest BCUT2D eigenvalue weighted by molar-refractivity contribution is 5.90. The predicted molar refractivity (Wildman–Crippen MR) is 101 cm³/mol. The number of nitro groups is 1. The highest BCUT2D eigenvalue weighted by Crippen LogP contribution is 2.20. The van der Waals surface area contributed by atoms with Crippen molar-refractivity contribution in [2.75, 3.05) is 5.32 Å². The number of fused-ring (bicyclic) bond motifs is 1. The lowest BCUT2D eigenvalue weighted by Gasteiger charge is -2.06. The highest BCUT2D eigenvalue weighted by Gasteiger charge is 2.14. The zero-order valence-corrected chi connectivity index (χ0v) is 14.8. The summed E-state index contributed by atoms with van der Waals surface area (Å²) in [4.78, 5) is 34.3. The minimum atomic E-state index is -0.621. The zero-order valence-electron chi connectivity index (χ0n) is 14.8. The molecule has 0 unspecified atom stereocenters. The van der Waals surface area contributed by atoms with E-state index in [4.69, 9.17) is 9.68 Å². The fraction of sp³-hybridized carbons (Fsp3) is 0.211. The van der Waals surface area contributed by atoms with Gasteiger partial charge in [0.1, 0.15) is 0 Å². The molecule has 9 heteroatoms. The molecule has 1 heterocycles. The number of hydrogen-bond donors (Lipinski definition) is 1. The summed E-state index contributed by atoms with van der Waals surface area (Å²) < 4.78 is 6.40. The van der Waals surface area contributed by atoms with Crippen LogP contribution >= 0.6 is 0 Å². The molecular weight excluding hydrogens is 364 g/mol. The van der Waals surface area contributed by atoms with E-state index in [2.05, 4.69) is 11.4 Å². The molecule has 0 saturated carbocycles. The van der Waals surface area contributed by atoms with E-state index in [1.807, 2.05) is 0 Å². The number of oxazole rings is 1. The zero-order chi connectivity index (χ0) is 20.1. The number of carbonyl (C=O) groups is 1. The van der Waals surface area contributed by atoms with Crippen molar-refractivity contribution >= 4 is 28.4 Å². The molecular formula is C19H16N4O5. The smallest absolute Gasteiger partial charge is 0.407 e. The molecule has 0 radical (unpaired) electrons. The minimum absolute atomic E-state index is 0.140. The second-order valence-electron chi connectivity index (χ2n) is 6.11. The number of carbonyl (C=O) groups excluding carboxylic acids is 1. The van der Waals surface area contributed by atoms with Gasteiger partial charge in [-0.2, -0.15) is 5.26 Å². The number of aromatic nitrogens is 1. The van der Waals surface area contributed by atoms with Gasteiger partial charge in [0, 0.05) is 24.7 Å².